The van der Waals surface area contributed by atoms with Crippen molar-refractivity contribution in [1.82, 2.24) is 5.32 Å². The molecule has 2 aromatic rings. The maximum atomic E-state index is 12.1. The highest BCUT2D eigenvalue weighted by Gasteiger charge is 2.19. The Kier molecular flexibility index (Phi) is 5.36. The van der Waals surface area contributed by atoms with Crippen molar-refractivity contribution in [3.63, 3.8) is 0 Å². The number of nitrogens with one attached hydrogen (secondary N) is 1. The van der Waals surface area contributed by atoms with E-state index in [4.69, 9.17) is 16.7 Å². The first kappa shape index (κ1) is 15.5. The molecule has 0 aliphatic carbocycles. The maximum absolute atomic E-state index is 12.1. The van der Waals surface area contributed by atoms with Crippen LogP contribution in [0.3, 0.4) is 0 Å². The van der Waals surface area contributed by atoms with Gasteiger partial charge >= 0.3 is 5.97 Å². The van der Waals surface area contributed by atoms with Gasteiger partial charge in [0.05, 0.1) is 18.9 Å². The molecule has 2 N–H and O–H groups in total. The van der Waals surface area contributed by atoms with Gasteiger partial charge < -0.3 is 10.4 Å². The van der Waals surface area contributed by atoms with Gasteiger partial charge in [-0.25, -0.2) is 0 Å². The van der Waals surface area contributed by atoms with Crippen LogP contribution in [0.4, 0.5) is 0 Å². The lowest BCUT2D eigenvalue weighted by molar-refractivity contribution is -0.137. The number of carbonyl (C=O) groups is 2. The second-order valence-electron chi connectivity index (χ2n) is 4.50. The van der Waals surface area contributed by atoms with E-state index in [0.717, 1.165) is 10.4 Å². The molecule has 0 saturated heterocycles. The number of rotatable bonds is 6. The number of carboxylic acids is 1. The van der Waals surface area contributed by atoms with E-state index < -0.39 is 12.0 Å². The molecule has 1 aromatic heterocycles. The first-order valence-corrected chi connectivity index (χ1v) is 7.60. The number of hydrogen-bond donors (Lipinski definition) is 2. The van der Waals surface area contributed by atoms with Gasteiger partial charge in [0.25, 0.3) is 0 Å². The van der Waals surface area contributed by atoms with E-state index >= 15 is 0 Å². The summed E-state index contributed by atoms with van der Waals surface area (Å²) >= 11 is 7.44. The van der Waals surface area contributed by atoms with Crippen LogP contribution in [0.5, 0.6) is 0 Å². The number of aliphatic carboxylic acids is 1. The average molecular weight is 324 g/mol. The fourth-order valence-corrected chi connectivity index (χ4v) is 2.93. The Labute approximate surface area is 131 Å². The third kappa shape index (κ3) is 4.58. The lowest BCUT2D eigenvalue weighted by Gasteiger charge is -2.15. The second-order valence-corrected chi connectivity index (χ2v) is 5.89. The maximum Gasteiger partial charge on any atom is 0.305 e. The Hall–Kier alpha value is -1.85. The van der Waals surface area contributed by atoms with Gasteiger partial charge in [-0.15, -0.1) is 11.3 Å². The topological polar surface area (TPSA) is 66.4 Å². The Bertz CT molecular complexity index is 628. The number of carbonyl (C=O) groups excluding carboxylic acids is 1. The zero-order valence-corrected chi connectivity index (χ0v) is 12.7. The minimum atomic E-state index is -0.952. The summed E-state index contributed by atoms with van der Waals surface area (Å²) in [5.74, 6) is -1.20. The van der Waals surface area contributed by atoms with Crippen LogP contribution in [0, 0.1) is 0 Å². The van der Waals surface area contributed by atoms with Crippen molar-refractivity contribution < 1.29 is 14.7 Å². The highest BCUT2D eigenvalue weighted by Crippen LogP contribution is 2.22. The predicted molar refractivity (Wildman–Crippen MR) is 82.6 cm³/mol. The van der Waals surface area contributed by atoms with Gasteiger partial charge in [-0.1, -0.05) is 35.9 Å². The van der Waals surface area contributed by atoms with Crippen molar-refractivity contribution in [1.29, 1.82) is 0 Å². The van der Waals surface area contributed by atoms with Gasteiger partial charge in [0.2, 0.25) is 5.91 Å². The predicted octanol–water partition coefficient (Wildman–Crippen LogP) is 3.28. The van der Waals surface area contributed by atoms with E-state index in [0.29, 0.717) is 5.02 Å². The minimum Gasteiger partial charge on any atom is -0.481 e. The molecule has 4 nitrogen and oxygen atoms in total. The molecule has 0 spiro atoms. The summed E-state index contributed by atoms with van der Waals surface area (Å²) in [6, 6.07) is 10.2. The molecule has 0 radical (unpaired) electrons. The van der Waals surface area contributed by atoms with Gasteiger partial charge in [0, 0.05) is 9.90 Å². The number of benzene rings is 1. The number of thiophene rings is 1. The molecular weight excluding hydrogens is 310 g/mol. The molecule has 1 aromatic carbocycles. The van der Waals surface area contributed by atoms with Crippen LogP contribution in [0.2, 0.25) is 5.02 Å². The lowest BCUT2D eigenvalue weighted by atomic mass is 10.1. The Balaban J connectivity index is 2.05. The Morgan fingerprint density at radius 3 is 2.62 bits per heavy atom. The van der Waals surface area contributed by atoms with Crippen LogP contribution in [-0.2, 0) is 16.0 Å². The van der Waals surface area contributed by atoms with Crippen LogP contribution in [-0.4, -0.2) is 17.0 Å². The minimum absolute atomic E-state index is 0.126. The van der Waals surface area contributed by atoms with Crippen LogP contribution < -0.4 is 5.32 Å². The van der Waals surface area contributed by atoms with Crippen molar-refractivity contribution >= 4 is 34.8 Å². The van der Waals surface area contributed by atoms with Crippen molar-refractivity contribution in [2.75, 3.05) is 0 Å². The van der Waals surface area contributed by atoms with Crippen molar-refractivity contribution in [3.05, 3.63) is 57.2 Å². The number of amides is 1. The van der Waals surface area contributed by atoms with Crippen molar-refractivity contribution in [2.45, 2.75) is 18.9 Å². The summed E-state index contributed by atoms with van der Waals surface area (Å²) in [7, 11) is 0. The number of hydrogen-bond acceptors (Lipinski definition) is 3. The van der Waals surface area contributed by atoms with Crippen molar-refractivity contribution in [2.24, 2.45) is 0 Å². The lowest BCUT2D eigenvalue weighted by Crippen LogP contribution is -2.31. The molecule has 1 amide bonds. The first-order chi connectivity index (χ1) is 10.1. The summed E-state index contributed by atoms with van der Waals surface area (Å²) in [4.78, 5) is 23.8. The summed E-state index contributed by atoms with van der Waals surface area (Å²) in [6.45, 7) is 0. The molecule has 1 unspecified atom stereocenters. The van der Waals surface area contributed by atoms with Crippen LogP contribution in [0.1, 0.15) is 22.9 Å². The van der Waals surface area contributed by atoms with E-state index in [1.54, 1.807) is 18.2 Å². The molecule has 1 atom stereocenters. The zero-order valence-electron chi connectivity index (χ0n) is 11.1. The molecule has 6 heteroatoms. The Morgan fingerprint density at radius 2 is 2.00 bits per heavy atom. The zero-order chi connectivity index (χ0) is 15.2. The van der Waals surface area contributed by atoms with Gasteiger partial charge in [0.15, 0.2) is 0 Å². The first-order valence-electron chi connectivity index (χ1n) is 6.34. The third-order valence-corrected chi connectivity index (χ3v) is 4.26. The largest absolute Gasteiger partial charge is 0.481 e. The summed E-state index contributed by atoms with van der Waals surface area (Å²) in [6.07, 6.45) is -0.0179. The van der Waals surface area contributed by atoms with Gasteiger partial charge in [-0.05, 0) is 23.1 Å². The van der Waals surface area contributed by atoms with E-state index in [1.165, 1.54) is 11.3 Å². The monoisotopic (exact) mass is 323 g/mol. The fourth-order valence-electron chi connectivity index (χ4n) is 1.95. The number of carboxylic acid groups (broad SMARTS) is 1. The van der Waals surface area contributed by atoms with Crippen LogP contribution in [0.25, 0.3) is 0 Å². The SMILES string of the molecule is O=C(O)CC(NC(=O)Cc1ccccc1Cl)c1cccs1. The summed E-state index contributed by atoms with van der Waals surface area (Å²) in [5.41, 5.74) is 0.719. The van der Waals surface area contributed by atoms with E-state index in [9.17, 15) is 9.59 Å². The van der Waals surface area contributed by atoms with Crippen molar-refractivity contribution in [3.8, 4) is 0 Å². The molecule has 1 heterocycles. The molecule has 21 heavy (non-hydrogen) atoms. The average Bonchev–Trinajstić information content (AvgIpc) is 2.94. The number of halogens is 1. The fraction of sp³-hybridized carbons (Fsp3) is 0.200. The van der Waals surface area contributed by atoms with Gasteiger partial charge in [-0.3, -0.25) is 9.59 Å². The van der Waals surface area contributed by atoms with E-state index in [1.807, 2.05) is 23.6 Å². The van der Waals surface area contributed by atoms with Gasteiger partial charge in [0.1, 0.15) is 0 Å². The quantitative estimate of drug-likeness (QED) is 0.857. The normalized spacial score (nSPS) is 11.9. The molecule has 0 aliphatic heterocycles. The molecular formula is C15H14ClNO3S. The standard InChI is InChI=1S/C15H14ClNO3S/c16-11-5-2-1-4-10(11)8-14(18)17-12(9-15(19)20)13-6-3-7-21-13/h1-7,12H,8-9H2,(H,17,18)(H,19,20). The molecule has 110 valence electrons. The molecule has 2 rings (SSSR count). The smallest absolute Gasteiger partial charge is 0.305 e. The Morgan fingerprint density at radius 1 is 1.24 bits per heavy atom. The van der Waals surface area contributed by atoms with E-state index in [2.05, 4.69) is 5.32 Å². The summed E-state index contributed by atoms with van der Waals surface area (Å²) < 4.78 is 0. The highest BCUT2D eigenvalue weighted by atomic mass is 35.5. The molecule has 0 bridgehead atoms. The van der Waals surface area contributed by atoms with Crippen LogP contribution in [0.15, 0.2) is 41.8 Å². The summed E-state index contributed by atoms with van der Waals surface area (Å²) in [5, 5.41) is 14.1. The second kappa shape index (κ2) is 7.24. The third-order valence-electron chi connectivity index (χ3n) is 2.91. The van der Waals surface area contributed by atoms with Crippen LogP contribution >= 0.6 is 22.9 Å². The molecule has 0 aliphatic rings. The van der Waals surface area contributed by atoms with E-state index in [-0.39, 0.29) is 18.7 Å². The molecule has 0 saturated carbocycles. The highest BCUT2D eigenvalue weighted by molar-refractivity contribution is 7.10. The molecule has 0 fully saturated rings. The van der Waals surface area contributed by atoms with Gasteiger partial charge in [-0.2, -0.15) is 0 Å².